The average molecular weight is 159 g/mol. The lowest BCUT2D eigenvalue weighted by atomic mass is 10.3. The van der Waals surface area contributed by atoms with Gasteiger partial charge in [0.15, 0.2) is 0 Å². The SMILES string of the molecule is CCN(CC)C(=O)C(C)OC. The molecule has 0 aliphatic carbocycles. The van der Waals surface area contributed by atoms with E-state index in [2.05, 4.69) is 0 Å². The van der Waals surface area contributed by atoms with E-state index in [1.165, 1.54) is 0 Å². The van der Waals surface area contributed by atoms with Crippen LogP contribution in [0.3, 0.4) is 0 Å². The van der Waals surface area contributed by atoms with Gasteiger partial charge in [-0.15, -0.1) is 0 Å². The number of hydrogen-bond donors (Lipinski definition) is 0. The Morgan fingerprint density at radius 2 is 1.91 bits per heavy atom. The minimum Gasteiger partial charge on any atom is -0.372 e. The van der Waals surface area contributed by atoms with Gasteiger partial charge in [0, 0.05) is 20.2 Å². The highest BCUT2D eigenvalue weighted by molar-refractivity contribution is 5.80. The molecule has 1 atom stereocenters. The number of methoxy groups -OCH3 is 1. The van der Waals surface area contributed by atoms with Crippen LogP contribution in [0, 0.1) is 0 Å². The van der Waals surface area contributed by atoms with Crippen LogP contribution in [0.5, 0.6) is 0 Å². The summed E-state index contributed by atoms with van der Waals surface area (Å²) in [5.74, 6) is 0.0671. The molecule has 0 aromatic rings. The molecule has 0 rings (SSSR count). The number of carbonyl (C=O) groups is 1. The molecule has 0 aliphatic heterocycles. The van der Waals surface area contributed by atoms with E-state index in [1.807, 2.05) is 13.8 Å². The highest BCUT2D eigenvalue weighted by atomic mass is 16.5. The second-order valence-corrected chi connectivity index (χ2v) is 2.39. The molecular formula is C8H17NO2. The van der Waals surface area contributed by atoms with E-state index < -0.39 is 0 Å². The van der Waals surface area contributed by atoms with Crippen LogP contribution in [0.25, 0.3) is 0 Å². The number of nitrogens with zero attached hydrogens (tertiary/aromatic N) is 1. The number of rotatable bonds is 4. The third kappa shape index (κ3) is 2.89. The molecule has 0 aliphatic rings. The zero-order valence-corrected chi connectivity index (χ0v) is 7.76. The molecule has 1 amide bonds. The van der Waals surface area contributed by atoms with Crippen molar-refractivity contribution in [2.24, 2.45) is 0 Å². The van der Waals surface area contributed by atoms with Gasteiger partial charge in [-0.05, 0) is 20.8 Å². The van der Waals surface area contributed by atoms with Crippen molar-refractivity contribution >= 4 is 5.91 Å². The Hall–Kier alpha value is -0.570. The predicted molar refractivity (Wildman–Crippen MR) is 44.4 cm³/mol. The molecule has 1 unspecified atom stereocenters. The fourth-order valence-electron chi connectivity index (χ4n) is 0.893. The first kappa shape index (κ1) is 10.4. The third-order valence-electron chi connectivity index (χ3n) is 1.78. The van der Waals surface area contributed by atoms with Gasteiger partial charge in [-0.25, -0.2) is 0 Å². The van der Waals surface area contributed by atoms with Crippen molar-refractivity contribution in [3.63, 3.8) is 0 Å². The minimum absolute atomic E-state index is 0.0671. The summed E-state index contributed by atoms with van der Waals surface area (Å²) >= 11 is 0. The molecule has 0 bridgehead atoms. The van der Waals surface area contributed by atoms with Crippen molar-refractivity contribution in [2.45, 2.75) is 26.9 Å². The number of carbonyl (C=O) groups excluding carboxylic acids is 1. The molecule has 0 saturated carbocycles. The molecule has 0 radical (unpaired) electrons. The van der Waals surface area contributed by atoms with Crippen LogP contribution >= 0.6 is 0 Å². The Labute approximate surface area is 68.3 Å². The summed E-state index contributed by atoms with van der Waals surface area (Å²) in [7, 11) is 1.55. The van der Waals surface area contributed by atoms with Gasteiger partial charge >= 0.3 is 0 Å². The largest absolute Gasteiger partial charge is 0.372 e. The Morgan fingerprint density at radius 3 is 2.18 bits per heavy atom. The van der Waals surface area contributed by atoms with E-state index in [0.717, 1.165) is 13.1 Å². The zero-order valence-electron chi connectivity index (χ0n) is 7.76. The van der Waals surface area contributed by atoms with Crippen molar-refractivity contribution in [2.75, 3.05) is 20.2 Å². The van der Waals surface area contributed by atoms with Crippen LogP contribution in [-0.4, -0.2) is 37.1 Å². The highest BCUT2D eigenvalue weighted by Crippen LogP contribution is 1.96. The van der Waals surface area contributed by atoms with Gasteiger partial charge in [0.25, 0.3) is 5.91 Å². The van der Waals surface area contributed by atoms with Crippen LogP contribution in [0.15, 0.2) is 0 Å². The van der Waals surface area contributed by atoms with Crippen molar-refractivity contribution < 1.29 is 9.53 Å². The molecular weight excluding hydrogens is 142 g/mol. The summed E-state index contributed by atoms with van der Waals surface area (Å²) < 4.78 is 4.91. The first-order chi connectivity index (χ1) is 5.17. The molecule has 0 spiro atoms. The maximum Gasteiger partial charge on any atom is 0.251 e. The van der Waals surface area contributed by atoms with Crippen LogP contribution in [0.4, 0.5) is 0 Å². The normalized spacial score (nSPS) is 12.7. The summed E-state index contributed by atoms with van der Waals surface area (Å²) in [4.78, 5) is 13.1. The van der Waals surface area contributed by atoms with Crippen LogP contribution in [0.2, 0.25) is 0 Å². The summed E-state index contributed by atoms with van der Waals surface area (Å²) in [5.41, 5.74) is 0. The second kappa shape index (κ2) is 5.13. The summed E-state index contributed by atoms with van der Waals surface area (Å²) in [6, 6.07) is 0. The second-order valence-electron chi connectivity index (χ2n) is 2.39. The molecule has 11 heavy (non-hydrogen) atoms. The van der Waals surface area contributed by atoms with Crippen LogP contribution in [0.1, 0.15) is 20.8 Å². The van der Waals surface area contributed by atoms with Crippen molar-refractivity contribution in [1.82, 2.24) is 4.90 Å². The quantitative estimate of drug-likeness (QED) is 0.609. The van der Waals surface area contributed by atoms with Gasteiger partial charge in [-0.3, -0.25) is 4.79 Å². The Bertz CT molecular complexity index is 121. The van der Waals surface area contributed by atoms with E-state index in [9.17, 15) is 4.79 Å². The van der Waals surface area contributed by atoms with Gasteiger partial charge in [-0.2, -0.15) is 0 Å². The molecule has 3 nitrogen and oxygen atoms in total. The highest BCUT2D eigenvalue weighted by Gasteiger charge is 2.16. The van der Waals surface area contributed by atoms with Gasteiger partial charge in [0.1, 0.15) is 6.10 Å². The van der Waals surface area contributed by atoms with Gasteiger partial charge in [-0.1, -0.05) is 0 Å². The van der Waals surface area contributed by atoms with Crippen molar-refractivity contribution in [3.05, 3.63) is 0 Å². The number of amides is 1. The molecule has 0 aromatic carbocycles. The van der Waals surface area contributed by atoms with Crippen molar-refractivity contribution in [1.29, 1.82) is 0 Å². The third-order valence-corrected chi connectivity index (χ3v) is 1.78. The Morgan fingerprint density at radius 1 is 1.45 bits per heavy atom. The van der Waals surface area contributed by atoms with E-state index in [-0.39, 0.29) is 12.0 Å². The standard InChI is InChI=1S/C8H17NO2/c1-5-9(6-2)8(10)7(3)11-4/h7H,5-6H2,1-4H3. The fourth-order valence-corrected chi connectivity index (χ4v) is 0.893. The summed E-state index contributed by atoms with van der Waals surface area (Å²) in [5, 5.41) is 0. The minimum atomic E-state index is -0.310. The molecule has 0 fully saturated rings. The summed E-state index contributed by atoms with van der Waals surface area (Å²) in [6.45, 7) is 7.19. The molecule has 3 heteroatoms. The Balaban J connectivity index is 3.97. The lowest BCUT2D eigenvalue weighted by molar-refractivity contribution is -0.140. The zero-order chi connectivity index (χ0) is 8.85. The lowest BCUT2D eigenvalue weighted by Crippen LogP contribution is -2.38. The first-order valence-corrected chi connectivity index (χ1v) is 3.98. The molecule has 0 heterocycles. The average Bonchev–Trinajstić information content (AvgIpc) is 2.05. The fraction of sp³-hybridized carbons (Fsp3) is 0.875. The molecule has 66 valence electrons. The van der Waals surface area contributed by atoms with E-state index in [0.29, 0.717) is 0 Å². The molecule has 0 N–H and O–H groups in total. The number of ether oxygens (including phenoxy) is 1. The van der Waals surface area contributed by atoms with Crippen LogP contribution < -0.4 is 0 Å². The van der Waals surface area contributed by atoms with Gasteiger partial charge in [0.05, 0.1) is 0 Å². The summed E-state index contributed by atoms with van der Waals surface area (Å²) in [6.07, 6.45) is -0.310. The van der Waals surface area contributed by atoms with E-state index in [4.69, 9.17) is 4.74 Å². The maximum absolute atomic E-state index is 11.3. The van der Waals surface area contributed by atoms with E-state index in [1.54, 1.807) is 18.9 Å². The van der Waals surface area contributed by atoms with E-state index >= 15 is 0 Å². The monoisotopic (exact) mass is 159 g/mol. The molecule has 0 saturated heterocycles. The smallest absolute Gasteiger partial charge is 0.251 e. The topological polar surface area (TPSA) is 29.5 Å². The van der Waals surface area contributed by atoms with Gasteiger partial charge < -0.3 is 9.64 Å². The first-order valence-electron chi connectivity index (χ1n) is 3.98. The maximum atomic E-state index is 11.3. The Kier molecular flexibility index (Phi) is 4.86. The van der Waals surface area contributed by atoms with Gasteiger partial charge in [0.2, 0.25) is 0 Å². The molecule has 0 aromatic heterocycles. The van der Waals surface area contributed by atoms with Crippen LogP contribution in [-0.2, 0) is 9.53 Å². The number of likely N-dealkylation sites (N-methyl/N-ethyl adjacent to an activating group) is 1. The number of hydrogen-bond acceptors (Lipinski definition) is 2. The predicted octanol–water partition coefficient (Wildman–Crippen LogP) is 0.890. The van der Waals surface area contributed by atoms with Crippen molar-refractivity contribution in [3.8, 4) is 0 Å². The lowest BCUT2D eigenvalue weighted by Gasteiger charge is -2.21.